The Balaban J connectivity index is 2.57. The minimum Gasteiger partial charge on any atom is -0.491 e. The number of hydrogen-bond acceptors (Lipinski definition) is 4. The van der Waals surface area contributed by atoms with E-state index in [2.05, 4.69) is 0 Å². The van der Waals surface area contributed by atoms with E-state index in [1.165, 1.54) is 0 Å². The van der Waals surface area contributed by atoms with E-state index in [0.29, 0.717) is 18.6 Å². The van der Waals surface area contributed by atoms with E-state index in [4.69, 9.17) is 21.3 Å². The van der Waals surface area contributed by atoms with Crippen LogP contribution in [0.2, 0.25) is 0 Å². The molecule has 2 atom stereocenters. The second-order valence-electron chi connectivity index (χ2n) is 5.03. The summed E-state index contributed by atoms with van der Waals surface area (Å²) in [4.78, 5) is 11.1. The van der Waals surface area contributed by atoms with Crippen LogP contribution in [0.5, 0.6) is 5.75 Å². The lowest BCUT2D eigenvalue weighted by Gasteiger charge is -2.25. The number of aliphatic hydroxyl groups is 1. The van der Waals surface area contributed by atoms with E-state index in [1.54, 1.807) is 6.92 Å². The van der Waals surface area contributed by atoms with Crippen LogP contribution in [0.1, 0.15) is 25.8 Å². The largest absolute Gasteiger partial charge is 0.491 e. The van der Waals surface area contributed by atoms with Crippen LogP contribution in [0, 0.1) is 0 Å². The van der Waals surface area contributed by atoms with Gasteiger partial charge in [0, 0.05) is 13.0 Å². The number of benzene rings is 1. The summed E-state index contributed by atoms with van der Waals surface area (Å²) in [5.74, 6) is 0.163. The van der Waals surface area contributed by atoms with Crippen LogP contribution in [0.25, 0.3) is 0 Å². The van der Waals surface area contributed by atoms with Crippen molar-refractivity contribution < 1.29 is 14.6 Å². The number of aliphatic hydroxyl groups excluding tert-OH is 1. The molecule has 1 amide bonds. The second-order valence-corrected chi connectivity index (χ2v) is 5.03. The molecule has 0 aliphatic heterocycles. The Labute approximate surface area is 113 Å². The van der Waals surface area contributed by atoms with Gasteiger partial charge >= 0.3 is 0 Å². The molecule has 1 aromatic carbocycles. The van der Waals surface area contributed by atoms with Gasteiger partial charge in [0.1, 0.15) is 5.75 Å². The molecule has 19 heavy (non-hydrogen) atoms. The molecule has 0 saturated carbocycles. The Morgan fingerprint density at radius 2 is 2.00 bits per heavy atom. The smallest absolute Gasteiger partial charge is 0.237 e. The van der Waals surface area contributed by atoms with Crippen molar-refractivity contribution in [2.45, 2.75) is 38.3 Å². The van der Waals surface area contributed by atoms with Gasteiger partial charge in [-0.05, 0) is 38.0 Å². The number of nitrogens with two attached hydrogens (primary N) is 2. The number of amides is 1. The molecule has 0 aromatic heterocycles. The average Bonchev–Trinajstić information content (AvgIpc) is 2.31. The minimum atomic E-state index is -1.07. The molecule has 106 valence electrons. The lowest BCUT2D eigenvalue weighted by atomic mass is 9.95. The number of rotatable bonds is 7. The fourth-order valence-electron chi connectivity index (χ4n) is 1.84. The Morgan fingerprint density at radius 1 is 1.42 bits per heavy atom. The summed E-state index contributed by atoms with van der Waals surface area (Å²) in [7, 11) is 0. The summed E-state index contributed by atoms with van der Waals surface area (Å²) in [6.07, 6.45) is 0.755. The Morgan fingerprint density at radius 3 is 2.47 bits per heavy atom. The highest BCUT2D eigenvalue weighted by Crippen LogP contribution is 2.18. The van der Waals surface area contributed by atoms with Gasteiger partial charge in [-0.15, -0.1) is 0 Å². The van der Waals surface area contributed by atoms with Gasteiger partial charge in [-0.25, -0.2) is 0 Å². The highest BCUT2D eigenvalue weighted by molar-refractivity contribution is 5.83. The average molecular weight is 266 g/mol. The number of carbonyl (C=O) groups is 1. The maximum Gasteiger partial charge on any atom is 0.237 e. The molecule has 2 unspecified atom stereocenters. The first-order chi connectivity index (χ1) is 8.85. The van der Waals surface area contributed by atoms with Gasteiger partial charge in [-0.3, -0.25) is 4.79 Å². The molecule has 0 saturated heterocycles. The first-order valence-electron chi connectivity index (χ1n) is 6.30. The van der Waals surface area contributed by atoms with E-state index >= 15 is 0 Å². The SMILES string of the molecule is CC(CC(C)(N)C(N)=O)Oc1ccc(CCO)cc1. The highest BCUT2D eigenvalue weighted by Gasteiger charge is 2.28. The fourth-order valence-corrected chi connectivity index (χ4v) is 1.84. The van der Waals surface area contributed by atoms with Crippen molar-refractivity contribution in [3.63, 3.8) is 0 Å². The zero-order valence-corrected chi connectivity index (χ0v) is 11.4. The standard InChI is InChI=1S/C14H22N2O3/c1-10(9-14(2,16)13(15)18)19-12-5-3-11(4-6-12)7-8-17/h3-6,10,17H,7-9,16H2,1-2H3,(H2,15,18). The van der Waals surface area contributed by atoms with Gasteiger partial charge in [0.05, 0.1) is 11.6 Å². The summed E-state index contributed by atoms with van der Waals surface area (Å²) in [6, 6.07) is 7.46. The van der Waals surface area contributed by atoms with Crippen molar-refractivity contribution in [3.05, 3.63) is 29.8 Å². The molecule has 0 spiro atoms. The molecule has 5 nitrogen and oxygen atoms in total. The van der Waals surface area contributed by atoms with Crippen LogP contribution in [-0.4, -0.2) is 29.3 Å². The fraction of sp³-hybridized carbons (Fsp3) is 0.500. The first-order valence-corrected chi connectivity index (χ1v) is 6.30. The summed E-state index contributed by atoms with van der Waals surface area (Å²) in [5.41, 5.74) is 11.0. The van der Waals surface area contributed by atoms with Crippen molar-refractivity contribution in [2.24, 2.45) is 11.5 Å². The van der Waals surface area contributed by atoms with Crippen molar-refractivity contribution in [3.8, 4) is 5.75 Å². The molecule has 0 fully saturated rings. The van der Waals surface area contributed by atoms with Crippen LogP contribution in [0.3, 0.4) is 0 Å². The number of ether oxygens (including phenoxy) is 1. The van der Waals surface area contributed by atoms with Crippen molar-refractivity contribution >= 4 is 5.91 Å². The normalized spacial score (nSPS) is 15.6. The van der Waals surface area contributed by atoms with Gasteiger partial charge in [0.15, 0.2) is 0 Å². The zero-order chi connectivity index (χ0) is 14.5. The van der Waals surface area contributed by atoms with Gasteiger partial charge < -0.3 is 21.3 Å². The van der Waals surface area contributed by atoms with E-state index < -0.39 is 11.4 Å². The Kier molecular flexibility index (Phi) is 5.32. The van der Waals surface area contributed by atoms with E-state index in [1.807, 2.05) is 31.2 Å². The van der Waals surface area contributed by atoms with Crippen LogP contribution in [0.4, 0.5) is 0 Å². The van der Waals surface area contributed by atoms with Crippen LogP contribution >= 0.6 is 0 Å². The number of hydrogen-bond donors (Lipinski definition) is 3. The lowest BCUT2D eigenvalue weighted by molar-refractivity contribution is -0.123. The molecule has 5 heteroatoms. The van der Waals surface area contributed by atoms with E-state index in [0.717, 1.165) is 5.56 Å². The van der Waals surface area contributed by atoms with Crippen LogP contribution in [-0.2, 0) is 11.2 Å². The van der Waals surface area contributed by atoms with Gasteiger partial charge in [0.25, 0.3) is 0 Å². The third kappa shape index (κ3) is 4.89. The number of carbonyl (C=O) groups excluding carboxylic acids is 1. The maximum atomic E-state index is 11.1. The van der Waals surface area contributed by atoms with Gasteiger partial charge in [-0.2, -0.15) is 0 Å². The second kappa shape index (κ2) is 6.54. The number of primary amides is 1. The van der Waals surface area contributed by atoms with Crippen LogP contribution < -0.4 is 16.2 Å². The molecule has 0 heterocycles. The van der Waals surface area contributed by atoms with Crippen molar-refractivity contribution in [1.29, 1.82) is 0 Å². The van der Waals surface area contributed by atoms with Gasteiger partial charge in [0.2, 0.25) is 5.91 Å². The topological polar surface area (TPSA) is 98.6 Å². The van der Waals surface area contributed by atoms with E-state index in [-0.39, 0.29) is 12.7 Å². The van der Waals surface area contributed by atoms with Crippen molar-refractivity contribution in [1.82, 2.24) is 0 Å². The highest BCUT2D eigenvalue weighted by atomic mass is 16.5. The predicted octanol–water partition coefficient (Wildman–Crippen LogP) is 0.582. The van der Waals surface area contributed by atoms with E-state index in [9.17, 15) is 4.79 Å². The predicted molar refractivity (Wildman–Crippen MR) is 73.7 cm³/mol. The lowest BCUT2D eigenvalue weighted by Crippen LogP contribution is -2.51. The molecule has 0 radical (unpaired) electrons. The molecule has 5 N–H and O–H groups in total. The molecular formula is C14H22N2O3. The van der Waals surface area contributed by atoms with Crippen LogP contribution in [0.15, 0.2) is 24.3 Å². The monoisotopic (exact) mass is 266 g/mol. The van der Waals surface area contributed by atoms with Gasteiger partial charge in [-0.1, -0.05) is 12.1 Å². The van der Waals surface area contributed by atoms with Crippen molar-refractivity contribution in [2.75, 3.05) is 6.61 Å². The summed E-state index contributed by atoms with van der Waals surface area (Å²) >= 11 is 0. The quantitative estimate of drug-likeness (QED) is 0.672. The molecular weight excluding hydrogens is 244 g/mol. The molecule has 1 rings (SSSR count). The molecule has 0 aliphatic rings. The third-order valence-electron chi connectivity index (χ3n) is 2.94. The summed E-state index contributed by atoms with van der Waals surface area (Å²) < 4.78 is 5.68. The third-order valence-corrected chi connectivity index (χ3v) is 2.94. The zero-order valence-electron chi connectivity index (χ0n) is 11.4. The Bertz CT molecular complexity index is 415. The summed E-state index contributed by atoms with van der Waals surface area (Å²) in [5, 5.41) is 8.83. The summed E-state index contributed by atoms with van der Waals surface area (Å²) in [6.45, 7) is 3.57. The molecule has 0 bridgehead atoms. The first kappa shape index (κ1) is 15.5. The molecule has 0 aliphatic carbocycles. The molecule has 1 aromatic rings. The maximum absolute atomic E-state index is 11.1. The Hall–Kier alpha value is -1.59. The minimum absolute atomic E-state index is 0.126.